The molecule has 0 N–H and O–H groups in total. The summed E-state index contributed by atoms with van der Waals surface area (Å²) in [4.78, 5) is -0.150. The van der Waals surface area contributed by atoms with Crippen molar-refractivity contribution in [1.82, 2.24) is 4.31 Å². The van der Waals surface area contributed by atoms with Gasteiger partial charge in [0.15, 0.2) is 0 Å². The van der Waals surface area contributed by atoms with Crippen LogP contribution < -0.4 is 0 Å². The van der Waals surface area contributed by atoms with Gasteiger partial charge in [0, 0.05) is 31.4 Å². The Morgan fingerprint density at radius 3 is 2.00 bits per heavy atom. The highest BCUT2D eigenvalue weighted by molar-refractivity contribution is 8.13. The van der Waals surface area contributed by atoms with Crippen LogP contribution in [-0.4, -0.2) is 48.4 Å². The highest BCUT2D eigenvalue weighted by atomic mass is 35.7. The van der Waals surface area contributed by atoms with Crippen LogP contribution in [0, 0.1) is 0 Å². The second kappa shape index (κ2) is 6.19. The third kappa shape index (κ3) is 4.15. The molecule has 6 nitrogen and oxygen atoms in total. The summed E-state index contributed by atoms with van der Waals surface area (Å²) in [5.74, 6) is 0. The van der Waals surface area contributed by atoms with Crippen LogP contribution in [0.25, 0.3) is 0 Å². The second-order valence-corrected chi connectivity index (χ2v) is 8.34. The number of likely N-dealkylation sites (N-methyl/N-ethyl adjacent to an activating group) is 1. The van der Waals surface area contributed by atoms with Gasteiger partial charge in [-0.2, -0.15) is 4.31 Å². The number of ether oxygens (including phenoxy) is 1. The van der Waals surface area contributed by atoms with Gasteiger partial charge in [0.05, 0.1) is 16.4 Å². The Morgan fingerprint density at radius 2 is 1.58 bits per heavy atom. The van der Waals surface area contributed by atoms with E-state index in [-0.39, 0.29) is 22.9 Å². The van der Waals surface area contributed by atoms with Crippen LogP contribution in [0.2, 0.25) is 0 Å². The molecular formula is C10H14ClNO5S2. The molecule has 0 aliphatic rings. The minimum absolute atomic E-state index is 0.00447. The van der Waals surface area contributed by atoms with Gasteiger partial charge in [0.2, 0.25) is 10.0 Å². The first kappa shape index (κ1) is 16.4. The van der Waals surface area contributed by atoms with Crippen LogP contribution in [0.4, 0.5) is 0 Å². The van der Waals surface area contributed by atoms with Gasteiger partial charge >= 0.3 is 0 Å². The van der Waals surface area contributed by atoms with Gasteiger partial charge in [-0.25, -0.2) is 16.8 Å². The highest BCUT2D eigenvalue weighted by Gasteiger charge is 2.21. The summed E-state index contributed by atoms with van der Waals surface area (Å²) >= 11 is 0. The Hall–Kier alpha value is -0.670. The molecule has 0 radical (unpaired) electrons. The predicted molar refractivity (Wildman–Crippen MR) is 71.2 cm³/mol. The molecule has 108 valence electrons. The van der Waals surface area contributed by atoms with E-state index in [0.29, 0.717) is 0 Å². The van der Waals surface area contributed by atoms with Crippen LogP contribution in [-0.2, 0) is 23.8 Å². The molecule has 1 aromatic carbocycles. The van der Waals surface area contributed by atoms with E-state index in [1.807, 2.05) is 0 Å². The van der Waals surface area contributed by atoms with Crippen molar-refractivity contribution < 1.29 is 21.6 Å². The monoisotopic (exact) mass is 327 g/mol. The zero-order chi connectivity index (χ0) is 14.7. The number of sulfonamides is 1. The summed E-state index contributed by atoms with van der Waals surface area (Å²) in [6, 6.07) is 4.71. The topological polar surface area (TPSA) is 80.8 Å². The Bertz CT molecular complexity index is 624. The van der Waals surface area contributed by atoms with Gasteiger partial charge in [-0.3, -0.25) is 0 Å². The summed E-state index contributed by atoms with van der Waals surface area (Å²) in [5.41, 5.74) is 0. The lowest BCUT2D eigenvalue weighted by molar-refractivity contribution is 0.185. The van der Waals surface area contributed by atoms with Gasteiger partial charge < -0.3 is 4.74 Å². The van der Waals surface area contributed by atoms with E-state index in [9.17, 15) is 16.8 Å². The number of methoxy groups -OCH3 is 1. The zero-order valence-corrected chi connectivity index (χ0v) is 12.8. The summed E-state index contributed by atoms with van der Waals surface area (Å²) in [6.45, 7) is 0.470. The van der Waals surface area contributed by atoms with Crippen LogP contribution in [0.5, 0.6) is 0 Å². The van der Waals surface area contributed by atoms with Crippen molar-refractivity contribution in [3.8, 4) is 0 Å². The number of hydrogen-bond acceptors (Lipinski definition) is 5. The molecule has 0 spiro atoms. The van der Waals surface area contributed by atoms with Crippen LogP contribution in [0.15, 0.2) is 34.1 Å². The SMILES string of the molecule is COCCN(C)S(=O)(=O)c1ccc(S(=O)(=O)Cl)cc1. The van der Waals surface area contributed by atoms with E-state index >= 15 is 0 Å². The van der Waals surface area contributed by atoms with Crippen LogP contribution >= 0.6 is 10.7 Å². The number of benzene rings is 1. The Kier molecular flexibility index (Phi) is 5.34. The molecule has 1 rings (SSSR count). The number of rotatable bonds is 6. The Labute approximate surface area is 117 Å². The molecule has 0 heterocycles. The third-order valence-electron chi connectivity index (χ3n) is 2.42. The summed E-state index contributed by atoms with van der Waals surface area (Å²) < 4.78 is 52.2. The molecule has 0 amide bonds. The maximum absolute atomic E-state index is 12.1. The largest absolute Gasteiger partial charge is 0.383 e. The minimum Gasteiger partial charge on any atom is -0.383 e. The summed E-state index contributed by atoms with van der Waals surface area (Å²) in [6.07, 6.45) is 0. The van der Waals surface area contributed by atoms with E-state index in [1.165, 1.54) is 26.3 Å². The molecule has 0 bridgehead atoms. The molecule has 0 aliphatic carbocycles. The fourth-order valence-corrected chi connectivity index (χ4v) is 3.22. The highest BCUT2D eigenvalue weighted by Crippen LogP contribution is 2.19. The first-order valence-corrected chi connectivity index (χ1v) is 8.94. The quantitative estimate of drug-likeness (QED) is 0.725. The molecule has 9 heteroatoms. The van der Waals surface area contributed by atoms with E-state index in [1.54, 1.807) is 0 Å². The van der Waals surface area contributed by atoms with Crippen molar-refractivity contribution in [3.05, 3.63) is 24.3 Å². The maximum atomic E-state index is 12.1. The molecule has 19 heavy (non-hydrogen) atoms. The standard InChI is InChI=1S/C10H14ClNO5S2/c1-12(7-8-17-2)19(15,16)10-5-3-9(4-6-10)18(11,13)14/h3-6H,7-8H2,1-2H3. The van der Waals surface area contributed by atoms with E-state index in [4.69, 9.17) is 15.4 Å². The van der Waals surface area contributed by atoms with E-state index < -0.39 is 19.1 Å². The van der Waals surface area contributed by atoms with Gasteiger partial charge in [0.1, 0.15) is 0 Å². The Balaban J connectivity index is 3.03. The average molecular weight is 328 g/mol. The first-order chi connectivity index (χ1) is 8.69. The fraction of sp³-hybridized carbons (Fsp3) is 0.400. The molecule has 0 atom stereocenters. The lowest BCUT2D eigenvalue weighted by Gasteiger charge is -2.16. The molecule has 0 aromatic heterocycles. The lowest BCUT2D eigenvalue weighted by atomic mass is 10.4. The zero-order valence-electron chi connectivity index (χ0n) is 10.4. The van der Waals surface area contributed by atoms with Gasteiger partial charge in [-0.1, -0.05) is 0 Å². The van der Waals surface area contributed by atoms with Crippen molar-refractivity contribution in [2.24, 2.45) is 0 Å². The van der Waals surface area contributed by atoms with Crippen LogP contribution in [0.1, 0.15) is 0 Å². The minimum atomic E-state index is -3.86. The first-order valence-electron chi connectivity index (χ1n) is 5.19. The summed E-state index contributed by atoms with van der Waals surface area (Å²) in [5, 5.41) is 0. The van der Waals surface area contributed by atoms with Crippen molar-refractivity contribution in [2.45, 2.75) is 9.79 Å². The van der Waals surface area contributed by atoms with E-state index in [0.717, 1.165) is 16.4 Å². The molecule has 0 fully saturated rings. The van der Waals surface area contributed by atoms with Crippen molar-refractivity contribution in [1.29, 1.82) is 0 Å². The number of nitrogens with zero attached hydrogens (tertiary/aromatic N) is 1. The molecule has 0 aliphatic heterocycles. The second-order valence-electron chi connectivity index (χ2n) is 3.73. The number of halogens is 1. The fourth-order valence-electron chi connectivity index (χ4n) is 1.29. The lowest BCUT2D eigenvalue weighted by Crippen LogP contribution is -2.30. The number of hydrogen-bond donors (Lipinski definition) is 0. The molecule has 1 aromatic rings. The van der Waals surface area contributed by atoms with Gasteiger partial charge in [0.25, 0.3) is 9.05 Å². The van der Waals surface area contributed by atoms with E-state index in [2.05, 4.69) is 0 Å². The van der Waals surface area contributed by atoms with Crippen molar-refractivity contribution in [3.63, 3.8) is 0 Å². The smallest absolute Gasteiger partial charge is 0.261 e. The molecule has 0 unspecified atom stereocenters. The predicted octanol–water partition coefficient (Wildman–Crippen LogP) is 0.881. The normalized spacial score (nSPS) is 12.8. The third-order valence-corrected chi connectivity index (χ3v) is 5.66. The maximum Gasteiger partial charge on any atom is 0.261 e. The Morgan fingerprint density at radius 1 is 1.11 bits per heavy atom. The van der Waals surface area contributed by atoms with Crippen molar-refractivity contribution >= 4 is 29.8 Å². The average Bonchev–Trinajstić information content (AvgIpc) is 2.35. The van der Waals surface area contributed by atoms with Crippen LogP contribution in [0.3, 0.4) is 0 Å². The van der Waals surface area contributed by atoms with Gasteiger partial charge in [-0.05, 0) is 24.3 Å². The summed E-state index contributed by atoms with van der Waals surface area (Å²) in [7, 11) is 0.528. The van der Waals surface area contributed by atoms with Gasteiger partial charge in [-0.15, -0.1) is 0 Å². The molecule has 0 saturated carbocycles. The van der Waals surface area contributed by atoms with Crippen molar-refractivity contribution in [2.75, 3.05) is 27.3 Å². The molecule has 0 saturated heterocycles. The molecular weight excluding hydrogens is 314 g/mol.